The highest BCUT2D eigenvalue weighted by molar-refractivity contribution is 7.80. The number of hydrogen-bond acceptors (Lipinski definition) is 6. The van der Waals surface area contributed by atoms with E-state index in [9.17, 15) is 5.11 Å². The molecule has 3 N–H and O–H groups in total. The molecule has 4 aromatic rings. The predicted octanol–water partition coefficient (Wildman–Crippen LogP) is 6.20. The summed E-state index contributed by atoms with van der Waals surface area (Å²) in [5.74, 6) is 0.239. The standard InChI is InChI=1S/C22H18N4OS/c1-13-10-15(27)7-8-16(13)19-9-6-14(12-24-19)25-26-20-11-21(28)17-4-2-3-5-18(17)22(20)23/h2-12,27-28H,23H2,1H3. The van der Waals surface area contributed by atoms with Crippen LogP contribution in [0.4, 0.5) is 17.1 Å². The van der Waals surface area contributed by atoms with Crippen LogP contribution in [0.15, 0.2) is 82.0 Å². The number of aromatic nitrogens is 1. The highest BCUT2D eigenvalue weighted by Gasteiger charge is 2.08. The average molecular weight is 386 g/mol. The third kappa shape index (κ3) is 3.42. The molecule has 0 fully saturated rings. The van der Waals surface area contributed by atoms with Crippen molar-refractivity contribution in [1.82, 2.24) is 4.98 Å². The number of thiol groups is 1. The summed E-state index contributed by atoms with van der Waals surface area (Å²) in [5.41, 5.74) is 10.7. The van der Waals surface area contributed by atoms with E-state index in [4.69, 9.17) is 5.73 Å². The number of aromatic hydroxyl groups is 1. The lowest BCUT2D eigenvalue weighted by atomic mass is 10.0. The molecule has 28 heavy (non-hydrogen) atoms. The number of phenolic OH excluding ortho intramolecular Hbond substituents is 1. The quantitative estimate of drug-likeness (QED) is 0.223. The van der Waals surface area contributed by atoms with Crippen molar-refractivity contribution in [3.05, 3.63) is 72.4 Å². The lowest BCUT2D eigenvalue weighted by molar-refractivity contribution is 0.475. The number of pyridine rings is 1. The van der Waals surface area contributed by atoms with Crippen molar-refractivity contribution in [3.63, 3.8) is 0 Å². The van der Waals surface area contributed by atoms with Gasteiger partial charge in [-0.3, -0.25) is 4.98 Å². The van der Waals surface area contributed by atoms with Gasteiger partial charge in [0, 0.05) is 15.8 Å². The zero-order chi connectivity index (χ0) is 19.7. The Bertz CT molecular complexity index is 1200. The van der Waals surface area contributed by atoms with Crippen LogP contribution in [-0.2, 0) is 0 Å². The van der Waals surface area contributed by atoms with Crippen LogP contribution in [0.1, 0.15) is 5.56 Å². The molecule has 3 aromatic carbocycles. The molecule has 0 amide bonds. The van der Waals surface area contributed by atoms with Gasteiger partial charge in [0.15, 0.2) is 0 Å². The van der Waals surface area contributed by atoms with Gasteiger partial charge in [-0.2, -0.15) is 0 Å². The van der Waals surface area contributed by atoms with Gasteiger partial charge >= 0.3 is 0 Å². The summed E-state index contributed by atoms with van der Waals surface area (Å²) in [7, 11) is 0. The summed E-state index contributed by atoms with van der Waals surface area (Å²) < 4.78 is 0. The Morgan fingerprint density at radius 1 is 0.964 bits per heavy atom. The number of fused-ring (bicyclic) bond motifs is 1. The average Bonchev–Trinajstić information content (AvgIpc) is 2.70. The fourth-order valence-corrected chi connectivity index (χ4v) is 3.42. The van der Waals surface area contributed by atoms with E-state index in [-0.39, 0.29) is 5.75 Å². The molecule has 0 unspecified atom stereocenters. The maximum absolute atomic E-state index is 9.55. The first-order chi connectivity index (χ1) is 13.5. The van der Waals surface area contributed by atoms with Gasteiger partial charge in [0.25, 0.3) is 0 Å². The minimum Gasteiger partial charge on any atom is -0.508 e. The van der Waals surface area contributed by atoms with E-state index in [1.54, 1.807) is 18.3 Å². The van der Waals surface area contributed by atoms with Crippen molar-refractivity contribution in [3.8, 4) is 17.0 Å². The monoisotopic (exact) mass is 386 g/mol. The van der Waals surface area contributed by atoms with Crippen LogP contribution < -0.4 is 5.73 Å². The Morgan fingerprint density at radius 3 is 2.46 bits per heavy atom. The van der Waals surface area contributed by atoms with Crippen molar-refractivity contribution < 1.29 is 5.11 Å². The largest absolute Gasteiger partial charge is 0.508 e. The van der Waals surface area contributed by atoms with Crippen molar-refractivity contribution >= 4 is 40.5 Å². The summed E-state index contributed by atoms with van der Waals surface area (Å²) in [5, 5.41) is 20.0. The molecule has 0 saturated heterocycles. The highest BCUT2D eigenvalue weighted by atomic mass is 32.1. The number of phenols is 1. The molecule has 6 heteroatoms. The van der Waals surface area contributed by atoms with Crippen LogP contribution in [0.25, 0.3) is 22.0 Å². The molecule has 1 aromatic heterocycles. The molecule has 0 bridgehead atoms. The minimum absolute atomic E-state index is 0.239. The molecule has 0 aliphatic heterocycles. The highest BCUT2D eigenvalue weighted by Crippen LogP contribution is 2.36. The fraction of sp³-hybridized carbons (Fsp3) is 0.0455. The molecule has 0 saturated carbocycles. The molecule has 0 radical (unpaired) electrons. The van der Waals surface area contributed by atoms with Crippen molar-refractivity contribution in [2.75, 3.05) is 5.73 Å². The number of anilines is 1. The Kier molecular flexibility index (Phi) is 4.71. The Balaban J connectivity index is 1.64. The summed E-state index contributed by atoms with van der Waals surface area (Å²) >= 11 is 4.53. The van der Waals surface area contributed by atoms with Gasteiger partial charge in [-0.15, -0.1) is 22.9 Å². The van der Waals surface area contributed by atoms with E-state index >= 15 is 0 Å². The normalized spacial score (nSPS) is 11.4. The summed E-state index contributed by atoms with van der Waals surface area (Å²) in [6.45, 7) is 1.93. The van der Waals surface area contributed by atoms with Crippen LogP contribution >= 0.6 is 12.6 Å². The maximum Gasteiger partial charge on any atom is 0.115 e. The minimum atomic E-state index is 0.239. The Hall–Kier alpha value is -3.38. The second kappa shape index (κ2) is 7.32. The van der Waals surface area contributed by atoms with E-state index in [0.717, 1.165) is 32.5 Å². The summed E-state index contributed by atoms with van der Waals surface area (Å²) in [6, 6.07) is 18.5. The SMILES string of the molecule is Cc1cc(O)ccc1-c1ccc(N=Nc2cc(S)c3ccccc3c2N)cn1. The van der Waals surface area contributed by atoms with Gasteiger partial charge in [-0.05, 0) is 54.3 Å². The molecular formula is C22H18N4OS. The van der Waals surface area contributed by atoms with Crippen LogP contribution in [0.2, 0.25) is 0 Å². The van der Waals surface area contributed by atoms with Gasteiger partial charge in [0.05, 0.1) is 17.6 Å². The first-order valence-electron chi connectivity index (χ1n) is 8.71. The topological polar surface area (TPSA) is 83.9 Å². The number of azo groups is 1. The van der Waals surface area contributed by atoms with E-state index in [0.29, 0.717) is 17.1 Å². The maximum atomic E-state index is 9.55. The second-order valence-electron chi connectivity index (χ2n) is 6.47. The molecule has 0 atom stereocenters. The van der Waals surface area contributed by atoms with Gasteiger partial charge in [0.1, 0.15) is 17.1 Å². The zero-order valence-electron chi connectivity index (χ0n) is 15.2. The number of nitrogens with zero attached hydrogens (tertiary/aromatic N) is 3. The number of nitrogens with two attached hydrogens (primary N) is 1. The second-order valence-corrected chi connectivity index (χ2v) is 6.96. The van der Waals surface area contributed by atoms with Gasteiger partial charge in [-0.25, -0.2) is 0 Å². The van der Waals surface area contributed by atoms with Crippen LogP contribution in [0.5, 0.6) is 5.75 Å². The molecule has 1 heterocycles. The van der Waals surface area contributed by atoms with E-state index in [1.165, 1.54) is 0 Å². The Labute approximate surface area is 168 Å². The summed E-state index contributed by atoms with van der Waals surface area (Å²) in [4.78, 5) is 5.26. The zero-order valence-corrected chi connectivity index (χ0v) is 16.1. The number of nitrogen functional groups attached to an aromatic ring is 1. The lowest BCUT2D eigenvalue weighted by Crippen LogP contribution is -1.89. The molecule has 0 spiro atoms. The molecule has 4 rings (SSSR count). The molecule has 0 aliphatic rings. The third-order valence-electron chi connectivity index (χ3n) is 4.55. The van der Waals surface area contributed by atoms with Gasteiger partial charge < -0.3 is 10.8 Å². The van der Waals surface area contributed by atoms with E-state index in [1.807, 2.05) is 55.5 Å². The first kappa shape index (κ1) is 18.0. The summed E-state index contributed by atoms with van der Waals surface area (Å²) in [6.07, 6.45) is 1.66. The fourth-order valence-electron chi connectivity index (χ4n) is 3.10. The molecular weight excluding hydrogens is 368 g/mol. The number of rotatable bonds is 3. The van der Waals surface area contributed by atoms with E-state index < -0.39 is 0 Å². The van der Waals surface area contributed by atoms with Crippen molar-refractivity contribution in [2.45, 2.75) is 11.8 Å². The van der Waals surface area contributed by atoms with Gasteiger partial charge in [-0.1, -0.05) is 24.3 Å². The number of benzene rings is 3. The van der Waals surface area contributed by atoms with Crippen molar-refractivity contribution in [1.29, 1.82) is 0 Å². The molecule has 5 nitrogen and oxygen atoms in total. The predicted molar refractivity (Wildman–Crippen MR) is 116 cm³/mol. The van der Waals surface area contributed by atoms with Crippen molar-refractivity contribution in [2.24, 2.45) is 10.2 Å². The van der Waals surface area contributed by atoms with Gasteiger partial charge in [0.2, 0.25) is 0 Å². The van der Waals surface area contributed by atoms with Crippen LogP contribution in [-0.4, -0.2) is 10.1 Å². The molecule has 138 valence electrons. The van der Waals surface area contributed by atoms with Crippen LogP contribution in [0.3, 0.4) is 0 Å². The number of hydrogen-bond donors (Lipinski definition) is 3. The lowest BCUT2D eigenvalue weighted by Gasteiger charge is -2.07. The Morgan fingerprint density at radius 2 is 1.75 bits per heavy atom. The number of aryl methyl sites for hydroxylation is 1. The smallest absolute Gasteiger partial charge is 0.115 e. The van der Waals surface area contributed by atoms with E-state index in [2.05, 4.69) is 27.8 Å². The first-order valence-corrected chi connectivity index (χ1v) is 9.15. The molecule has 0 aliphatic carbocycles. The third-order valence-corrected chi connectivity index (χ3v) is 4.92. The van der Waals surface area contributed by atoms with Crippen LogP contribution in [0, 0.1) is 6.92 Å².